The molecule has 0 atom stereocenters. The monoisotopic (exact) mass is 275 g/mol. The SMILES string of the molecule is N#Cc1ccc(C2=C(O)c3ccccc3C(=O)C2=O)cc1. The van der Waals surface area contributed by atoms with Crippen molar-refractivity contribution < 1.29 is 14.7 Å². The molecule has 0 bridgehead atoms. The standard InChI is InChI=1S/C17H9NO3/c18-9-10-5-7-11(8-6-10)14-15(19)12-3-1-2-4-13(12)16(20)17(14)21/h1-8,19H. The average molecular weight is 275 g/mol. The van der Waals surface area contributed by atoms with E-state index in [-0.39, 0.29) is 16.9 Å². The lowest BCUT2D eigenvalue weighted by molar-refractivity contribution is -0.110. The summed E-state index contributed by atoms with van der Waals surface area (Å²) in [4.78, 5) is 24.3. The first kappa shape index (κ1) is 12.8. The number of carbonyl (C=O) groups is 2. The maximum absolute atomic E-state index is 12.2. The lowest BCUT2D eigenvalue weighted by Gasteiger charge is -2.17. The molecule has 1 N–H and O–H groups in total. The smallest absolute Gasteiger partial charge is 0.237 e. The van der Waals surface area contributed by atoms with Crippen LogP contribution in [0, 0.1) is 11.3 Å². The number of ketones is 2. The second-order valence-corrected chi connectivity index (χ2v) is 4.62. The number of hydrogen-bond acceptors (Lipinski definition) is 4. The highest BCUT2D eigenvalue weighted by Crippen LogP contribution is 2.33. The Morgan fingerprint density at radius 3 is 2.10 bits per heavy atom. The Hall–Kier alpha value is -3.19. The summed E-state index contributed by atoms with van der Waals surface area (Å²) in [6.45, 7) is 0. The Morgan fingerprint density at radius 2 is 1.48 bits per heavy atom. The normalized spacial score (nSPS) is 13.9. The Bertz CT molecular complexity index is 839. The highest BCUT2D eigenvalue weighted by atomic mass is 16.3. The molecule has 0 spiro atoms. The van der Waals surface area contributed by atoms with Crippen molar-refractivity contribution in [2.45, 2.75) is 0 Å². The van der Waals surface area contributed by atoms with Crippen LogP contribution in [0.15, 0.2) is 48.5 Å². The molecule has 0 fully saturated rings. The number of fused-ring (bicyclic) bond motifs is 1. The van der Waals surface area contributed by atoms with Crippen molar-refractivity contribution in [3.05, 3.63) is 70.8 Å². The van der Waals surface area contributed by atoms with Crippen LogP contribution >= 0.6 is 0 Å². The molecule has 21 heavy (non-hydrogen) atoms. The summed E-state index contributed by atoms with van der Waals surface area (Å²) < 4.78 is 0. The number of nitriles is 1. The second kappa shape index (κ2) is 4.73. The van der Waals surface area contributed by atoms with Crippen LogP contribution in [0.1, 0.15) is 27.0 Å². The Morgan fingerprint density at radius 1 is 0.857 bits per heavy atom. The summed E-state index contributed by atoms with van der Waals surface area (Å²) in [6, 6.07) is 14.6. The van der Waals surface area contributed by atoms with E-state index in [4.69, 9.17) is 5.26 Å². The molecule has 0 aromatic heterocycles. The zero-order valence-electron chi connectivity index (χ0n) is 10.8. The topological polar surface area (TPSA) is 78.2 Å². The van der Waals surface area contributed by atoms with Crippen LogP contribution in [-0.4, -0.2) is 16.7 Å². The fraction of sp³-hybridized carbons (Fsp3) is 0. The van der Waals surface area contributed by atoms with Crippen LogP contribution in [-0.2, 0) is 4.79 Å². The van der Waals surface area contributed by atoms with Gasteiger partial charge in [-0.15, -0.1) is 0 Å². The number of nitrogens with zero attached hydrogens (tertiary/aromatic N) is 1. The van der Waals surface area contributed by atoms with Crippen molar-refractivity contribution in [1.82, 2.24) is 0 Å². The van der Waals surface area contributed by atoms with E-state index in [0.29, 0.717) is 16.7 Å². The third kappa shape index (κ3) is 1.92. The van der Waals surface area contributed by atoms with Crippen molar-refractivity contribution in [1.29, 1.82) is 5.26 Å². The average Bonchev–Trinajstić information content (AvgIpc) is 2.53. The molecule has 0 heterocycles. The number of rotatable bonds is 1. The van der Waals surface area contributed by atoms with Crippen LogP contribution in [0.5, 0.6) is 0 Å². The first-order chi connectivity index (χ1) is 10.1. The molecule has 1 aliphatic carbocycles. The molecule has 100 valence electrons. The van der Waals surface area contributed by atoms with Crippen molar-refractivity contribution in [2.75, 3.05) is 0 Å². The van der Waals surface area contributed by atoms with Gasteiger partial charge in [-0.05, 0) is 17.7 Å². The highest BCUT2D eigenvalue weighted by Gasteiger charge is 2.33. The first-order valence-corrected chi connectivity index (χ1v) is 6.25. The molecule has 0 unspecified atom stereocenters. The predicted molar refractivity (Wildman–Crippen MR) is 76.4 cm³/mol. The van der Waals surface area contributed by atoms with E-state index in [9.17, 15) is 14.7 Å². The largest absolute Gasteiger partial charge is 0.506 e. The lowest BCUT2D eigenvalue weighted by atomic mass is 9.85. The second-order valence-electron chi connectivity index (χ2n) is 4.62. The number of aliphatic hydroxyl groups is 1. The highest BCUT2D eigenvalue weighted by molar-refractivity contribution is 6.62. The van der Waals surface area contributed by atoms with Crippen molar-refractivity contribution in [3.63, 3.8) is 0 Å². The van der Waals surface area contributed by atoms with Gasteiger partial charge in [0.25, 0.3) is 0 Å². The molecule has 4 nitrogen and oxygen atoms in total. The van der Waals surface area contributed by atoms with Crippen LogP contribution in [0.4, 0.5) is 0 Å². The van der Waals surface area contributed by atoms with Gasteiger partial charge in [0.15, 0.2) is 0 Å². The van der Waals surface area contributed by atoms with E-state index in [1.54, 1.807) is 30.3 Å². The molecule has 2 aromatic carbocycles. The molecule has 0 saturated carbocycles. The van der Waals surface area contributed by atoms with Crippen LogP contribution in [0.3, 0.4) is 0 Å². The Balaban J connectivity index is 2.23. The van der Waals surface area contributed by atoms with Gasteiger partial charge in [-0.25, -0.2) is 0 Å². The Kier molecular flexibility index (Phi) is 2.89. The van der Waals surface area contributed by atoms with E-state index in [1.807, 2.05) is 6.07 Å². The minimum absolute atomic E-state index is 0.0248. The number of allylic oxidation sites excluding steroid dienone is 1. The number of carbonyl (C=O) groups excluding carboxylic acids is 2. The fourth-order valence-electron chi connectivity index (χ4n) is 2.34. The third-order valence-electron chi connectivity index (χ3n) is 3.40. The van der Waals surface area contributed by atoms with E-state index in [1.165, 1.54) is 18.2 Å². The van der Waals surface area contributed by atoms with Crippen molar-refractivity contribution >= 4 is 22.9 Å². The zero-order valence-corrected chi connectivity index (χ0v) is 10.8. The van der Waals surface area contributed by atoms with Gasteiger partial charge in [0.1, 0.15) is 5.76 Å². The summed E-state index contributed by atoms with van der Waals surface area (Å²) in [5, 5.41) is 19.1. The molecule has 0 radical (unpaired) electrons. The third-order valence-corrected chi connectivity index (χ3v) is 3.40. The molecule has 0 saturated heterocycles. The molecular formula is C17H9NO3. The first-order valence-electron chi connectivity index (χ1n) is 6.25. The minimum atomic E-state index is -0.740. The summed E-state index contributed by atoms with van der Waals surface area (Å²) in [5.74, 6) is -1.58. The maximum Gasteiger partial charge on any atom is 0.237 e. The molecular weight excluding hydrogens is 266 g/mol. The summed E-state index contributed by atoms with van der Waals surface area (Å²) >= 11 is 0. The quantitative estimate of drug-likeness (QED) is 0.812. The number of aliphatic hydroxyl groups excluding tert-OH is 1. The van der Waals surface area contributed by atoms with Gasteiger partial charge in [-0.2, -0.15) is 5.26 Å². The van der Waals surface area contributed by atoms with Gasteiger partial charge in [-0.3, -0.25) is 9.59 Å². The van der Waals surface area contributed by atoms with E-state index >= 15 is 0 Å². The molecule has 0 aliphatic heterocycles. The zero-order chi connectivity index (χ0) is 15.0. The number of benzene rings is 2. The molecule has 0 amide bonds. The number of Topliss-reactive ketones (excluding diaryl/α,β-unsaturated/α-hetero) is 2. The van der Waals surface area contributed by atoms with Gasteiger partial charge >= 0.3 is 0 Å². The molecule has 3 rings (SSSR count). The molecule has 2 aromatic rings. The van der Waals surface area contributed by atoms with E-state index < -0.39 is 11.6 Å². The van der Waals surface area contributed by atoms with Gasteiger partial charge in [0.05, 0.1) is 17.2 Å². The maximum atomic E-state index is 12.2. The van der Waals surface area contributed by atoms with Crippen LogP contribution in [0.2, 0.25) is 0 Å². The van der Waals surface area contributed by atoms with Crippen molar-refractivity contribution in [2.24, 2.45) is 0 Å². The lowest BCUT2D eigenvalue weighted by Crippen LogP contribution is -2.23. The van der Waals surface area contributed by atoms with Gasteiger partial charge in [-0.1, -0.05) is 36.4 Å². The van der Waals surface area contributed by atoms with E-state index in [2.05, 4.69) is 0 Å². The minimum Gasteiger partial charge on any atom is -0.506 e. The summed E-state index contributed by atoms with van der Waals surface area (Å²) in [5.41, 5.74) is 1.38. The summed E-state index contributed by atoms with van der Waals surface area (Å²) in [6.07, 6.45) is 0. The van der Waals surface area contributed by atoms with Crippen molar-refractivity contribution in [3.8, 4) is 6.07 Å². The predicted octanol–water partition coefficient (Wildman–Crippen LogP) is 2.75. The molecule has 1 aliphatic rings. The number of hydrogen-bond donors (Lipinski definition) is 1. The van der Waals surface area contributed by atoms with Gasteiger partial charge in [0, 0.05) is 11.1 Å². The summed E-state index contributed by atoms with van der Waals surface area (Å²) in [7, 11) is 0. The molecule has 4 heteroatoms. The van der Waals surface area contributed by atoms with Crippen LogP contribution in [0.25, 0.3) is 11.3 Å². The van der Waals surface area contributed by atoms with Gasteiger partial charge < -0.3 is 5.11 Å². The fourth-order valence-corrected chi connectivity index (χ4v) is 2.34. The van der Waals surface area contributed by atoms with Gasteiger partial charge in [0.2, 0.25) is 11.6 Å². The van der Waals surface area contributed by atoms with Crippen LogP contribution < -0.4 is 0 Å². The van der Waals surface area contributed by atoms with E-state index in [0.717, 1.165) is 0 Å². The Labute approximate surface area is 120 Å².